The molecular weight excluding hydrogens is 534 g/mol. The highest BCUT2D eigenvalue weighted by molar-refractivity contribution is 7.89. The molecule has 2 N–H and O–H groups in total. The Bertz CT molecular complexity index is 1410. The summed E-state index contributed by atoms with van der Waals surface area (Å²) >= 11 is 0. The van der Waals surface area contributed by atoms with Gasteiger partial charge in [-0.15, -0.1) is 0 Å². The zero-order chi connectivity index (χ0) is 27.5. The van der Waals surface area contributed by atoms with Crippen LogP contribution in [-0.4, -0.2) is 74.9 Å². The fourth-order valence-corrected chi connectivity index (χ4v) is 6.57. The molecule has 2 amide bonds. The average Bonchev–Trinajstić information content (AvgIpc) is 2.85. The summed E-state index contributed by atoms with van der Waals surface area (Å²) in [6.45, 7) is 2.00. The van der Waals surface area contributed by atoms with E-state index in [1.165, 1.54) is 12.1 Å². The lowest BCUT2D eigenvalue weighted by molar-refractivity contribution is -0.132. The van der Waals surface area contributed by atoms with Gasteiger partial charge in [-0.25, -0.2) is 18.4 Å². The highest BCUT2D eigenvalue weighted by Gasteiger charge is 2.40. The molecular formula is C24H31N5O7S2. The van der Waals surface area contributed by atoms with Gasteiger partial charge in [0.2, 0.25) is 21.8 Å². The smallest absolute Gasteiger partial charge is 0.264 e. The SMILES string of the molecule is Cc1ccc(S(=O)(=O)N2CCNC(=O)C2CC(=O)NC2CCCc3nc(CCOS(C)(=O)=O)ncc32)cc1. The van der Waals surface area contributed by atoms with Gasteiger partial charge >= 0.3 is 0 Å². The van der Waals surface area contributed by atoms with E-state index in [9.17, 15) is 26.4 Å². The molecule has 2 aliphatic rings. The molecule has 1 aliphatic heterocycles. The first-order valence-electron chi connectivity index (χ1n) is 12.3. The topological polar surface area (TPSA) is 165 Å². The first kappa shape index (κ1) is 28.1. The summed E-state index contributed by atoms with van der Waals surface area (Å²) < 4.78 is 54.8. The quantitative estimate of drug-likeness (QED) is 0.409. The summed E-state index contributed by atoms with van der Waals surface area (Å²) in [7, 11) is -7.54. The number of benzene rings is 1. The Labute approximate surface area is 222 Å². The van der Waals surface area contributed by atoms with Crippen LogP contribution in [0, 0.1) is 6.92 Å². The van der Waals surface area contributed by atoms with Gasteiger partial charge in [0.05, 0.1) is 30.2 Å². The molecule has 2 atom stereocenters. The molecule has 1 aromatic heterocycles. The van der Waals surface area contributed by atoms with E-state index in [0.717, 1.165) is 33.8 Å². The maximum absolute atomic E-state index is 13.3. The maximum atomic E-state index is 13.3. The molecule has 1 saturated heterocycles. The summed E-state index contributed by atoms with van der Waals surface area (Å²) in [6, 6.07) is 4.80. The minimum atomic E-state index is -3.99. The molecule has 1 aromatic carbocycles. The molecule has 38 heavy (non-hydrogen) atoms. The number of carbonyl (C=O) groups excluding carboxylic acids is 2. The minimum Gasteiger partial charge on any atom is -0.353 e. The summed E-state index contributed by atoms with van der Waals surface area (Å²) in [5.74, 6) is -0.537. The molecule has 4 rings (SSSR count). The molecule has 1 fully saturated rings. The maximum Gasteiger partial charge on any atom is 0.264 e. The summed E-state index contributed by atoms with van der Waals surface area (Å²) in [5.41, 5.74) is 2.40. The Hall–Kier alpha value is -2.94. The van der Waals surface area contributed by atoms with Crippen LogP contribution in [0.25, 0.3) is 0 Å². The second-order valence-electron chi connectivity index (χ2n) is 9.42. The zero-order valence-electron chi connectivity index (χ0n) is 21.2. The van der Waals surface area contributed by atoms with E-state index >= 15 is 0 Å². The third-order valence-electron chi connectivity index (χ3n) is 6.48. The number of fused-ring (bicyclic) bond motifs is 1. The average molecular weight is 566 g/mol. The van der Waals surface area contributed by atoms with E-state index in [4.69, 9.17) is 4.18 Å². The number of hydrogen-bond donors (Lipinski definition) is 2. The molecule has 1 aliphatic carbocycles. The van der Waals surface area contributed by atoms with Crippen LogP contribution in [0.4, 0.5) is 0 Å². The number of rotatable bonds is 9. The van der Waals surface area contributed by atoms with E-state index in [0.29, 0.717) is 18.7 Å². The predicted molar refractivity (Wildman–Crippen MR) is 137 cm³/mol. The van der Waals surface area contributed by atoms with E-state index in [2.05, 4.69) is 20.6 Å². The molecule has 2 aromatic rings. The van der Waals surface area contributed by atoms with Crippen LogP contribution in [0.5, 0.6) is 0 Å². The Balaban J connectivity index is 1.45. The third-order valence-corrected chi connectivity index (χ3v) is 9.00. The standard InChI is InChI=1S/C24H31N5O7S2/c1-16-6-8-17(9-7-16)38(34,35)29-12-11-25-24(31)21(29)14-23(30)28-20-5-3-4-19-18(20)15-26-22(27-19)10-13-36-37(2,32)33/h6-9,15,20-21H,3-5,10-14H2,1-2H3,(H,25,31)(H,28,30). The van der Waals surface area contributed by atoms with Crippen LogP contribution in [0.15, 0.2) is 35.4 Å². The number of aromatic nitrogens is 2. The van der Waals surface area contributed by atoms with Crippen molar-refractivity contribution < 1.29 is 30.6 Å². The normalized spacial score (nSPS) is 20.4. The number of nitrogens with zero attached hydrogens (tertiary/aromatic N) is 3. The van der Waals surface area contributed by atoms with Gasteiger partial charge in [-0.3, -0.25) is 13.8 Å². The lowest BCUT2D eigenvalue weighted by atomic mass is 9.92. The van der Waals surface area contributed by atoms with Crippen molar-refractivity contribution in [2.24, 2.45) is 0 Å². The van der Waals surface area contributed by atoms with Gasteiger partial charge in [-0.2, -0.15) is 12.7 Å². The second kappa shape index (κ2) is 11.4. The van der Waals surface area contributed by atoms with Gasteiger partial charge < -0.3 is 10.6 Å². The van der Waals surface area contributed by atoms with Crippen molar-refractivity contribution in [3.05, 3.63) is 53.1 Å². The minimum absolute atomic E-state index is 0.0613. The monoisotopic (exact) mass is 565 g/mol. The van der Waals surface area contributed by atoms with Gasteiger partial charge in [-0.05, 0) is 38.3 Å². The van der Waals surface area contributed by atoms with Crippen LogP contribution in [0.1, 0.15) is 47.9 Å². The largest absolute Gasteiger partial charge is 0.353 e. The molecule has 14 heteroatoms. The Kier molecular flexibility index (Phi) is 8.45. The van der Waals surface area contributed by atoms with Crippen molar-refractivity contribution in [2.45, 2.75) is 56.0 Å². The Morgan fingerprint density at radius 1 is 1.21 bits per heavy atom. The van der Waals surface area contributed by atoms with Gasteiger partial charge in [0.15, 0.2) is 0 Å². The third kappa shape index (κ3) is 6.73. The molecule has 206 valence electrons. The molecule has 2 heterocycles. The predicted octanol–water partition coefficient (Wildman–Crippen LogP) is 0.377. The molecule has 12 nitrogen and oxygen atoms in total. The van der Waals surface area contributed by atoms with E-state index in [-0.39, 0.29) is 43.5 Å². The number of piperazine rings is 1. The van der Waals surface area contributed by atoms with Crippen molar-refractivity contribution in [3.63, 3.8) is 0 Å². The number of aryl methyl sites for hydroxylation is 2. The van der Waals surface area contributed by atoms with Crippen LogP contribution in [-0.2, 0) is 46.8 Å². The highest BCUT2D eigenvalue weighted by atomic mass is 32.2. The van der Waals surface area contributed by atoms with Crippen molar-refractivity contribution in [1.29, 1.82) is 0 Å². The lowest BCUT2D eigenvalue weighted by Crippen LogP contribution is -2.58. The van der Waals surface area contributed by atoms with Crippen molar-refractivity contribution in [1.82, 2.24) is 24.9 Å². The van der Waals surface area contributed by atoms with Gasteiger partial charge in [0.1, 0.15) is 11.9 Å². The van der Waals surface area contributed by atoms with E-state index in [1.54, 1.807) is 18.3 Å². The second-order valence-corrected chi connectivity index (χ2v) is 13.0. The number of nitrogens with one attached hydrogen (secondary N) is 2. The molecule has 0 spiro atoms. The molecule has 0 bridgehead atoms. The zero-order valence-corrected chi connectivity index (χ0v) is 22.8. The lowest BCUT2D eigenvalue weighted by Gasteiger charge is -2.34. The van der Waals surface area contributed by atoms with Crippen LogP contribution in [0.2, 0.25) is 0 Å². The number of hydrogen-bond acceptors (Lipinski definition) is 9. The van der Waals surface area contributed by atoms with Gasteiger partial charge in [0, 0.05) is 37.0 Å². The number of sulfonamides is 1. The summed E-state index contributed by atoms with van der Waals surface area (Å²) in [4.78, 5) is 34.6. The van der Waals surface area contributed by atoms with Crippen LogP contribution < -0.4 is 10.6 Å². The van der Waals surface area contributed by atoms with Crippen molar-refractivity contribution in [2.75, 3.05) is 26.0 Å². The first-order valence-corrected chi connectivity index (χ1v) is 15.5. The van der Waals surface area contributed by atoms with Crippen molar-refractivity contribution >= 4 is 32.0 Å². The molecule has 2 unspecified atom stereocenters. The summed E-state index contributed by atoms with van der Waals surface area (Å²) in [6.07, 6.45) is 4.56. The van der Waals surface area contributed by atoms with Crippen LogP contribution >= 0.6 is 0 Å². The fourth-order valence-electron chi connectivity index (χ4n) is 4.59. The van der Waals surface area contributed by atoms with Crippen LogP contribution in [0.3, 0.4) is 0 Å². The van der Waals surface area contributed by atoms with E-state index < -0.39 is 38.0 Å². The molecule has 0 radical (unpaired) electrons. The van der Waals surface area contributed by atoms with Gasteiger partial charge in [0.25, 0.3) is 10.1 Å². The number of amides is 2. The number of carbonyl (C=O) groups is 2. The van der Waals surface area contributed by atoms with E-state index in [1.807, 2.05) is 6.92 Å². The highest BCUT2D eigenvalue weighted by Crippen LogP contribution is 2.29. The first-order chi connectivity index (χ1) is 17.9. The fraction of sp³-hybridized carbons (Fsp3) is 0.500. The Morgan fingerprint density at radius 3 is 2.66 bits per heavy atom. The Morgan fingerprint density at radius 2 is 1.95 bits per heavy atom. The molecule has 0 saturated carbocycles. The van der Waals surface area contributed by atoms with Crippen molar-refractivity contribution in [3.8, 4) is 0 Å². The van der Waals surface area contributed by atoms with Gasteiger partial charge in [-0.1, -0.05) is 17.7 Å². The summed E-state index contributed by atoms with van der Waals surface area (Å²) in [5, 5.41) is 5.58.